The van der Waals surface area contributed by atoms with Gasteiger partial charge in [-0.05, 0) is 36.8 Å². The van der Waals surface area contributed by atoms with Crippen LogP contribution < -0.4 is 4.90 Å². The fourth-order valence-corrected chi connectivity index (χ4v) is 5.06. The van der Waals surface area contributed by atoms with Crippen molar-refractivity contribution in [2.24, 2.45) is 0 Å². The Morgan fingerprint density at radius 1 is 1.16 bits per heavy atom. The number of piperazine rings is 1. The molecule has 2 unspecified atom stereocenters. The molecule has 0 aromatic heterocycles. The summed E-state index contributed by atoms with van der Waals surface area (Å²) in [6.45, 7) is 3.50. The lowest BCUT2D eigenvalue weighted by Crippen LogP contribution is -2.51. The minimum absolute atomic E-state index is 0.254. The Balaban J connectivity index is 1.66. The largest absolute Gasteiger partial charge is 0.593 e. The van der Waals surface area contributed by atoms with Gasteiger partial charge in [0.05, 0.1) is 19.7 Å². The van der Waals surface area contributed by atoms with E-state index >= 15 is 0 Å². The number of anilines is 1. The molecular weight excluding hydrogens is 423 g/mol. The molecule has 1 fully saturated rings. The molecule has 2 aromatic carbocycles. The van der Waals surface area contributed by atoms with Gasteiger partial charge in [0.15, 0.2) is 22.3 Å². The Kier molecular flexibility index (Phi) is 7.77. The van der Waals surface area contributed by atoms with E-state index in [9.17, 15) is 17.9 Å². The van der Waals surface area contributed by atoms with Crippen LogP contribution in [0.15, 0.2) is 53.4 Å². The third-order valence-electron chi connectivity index (χ3n) is 5.22. The van der Waals surface area contributed by atoms with Gasteiger partial charge in [0, 0.05) is 32.3 Å². The Hall–Kier alpha value is -2.33. The second-order valence-corrected chi connectivity index (χ2v) is 9.08. The van der Waals surface area contributed by atoms with E-state index in [0.29, 0.717) is 26.1 Å². The van der Waals surface area contributed by atoms with Crippen LogP contribution in [0.25, 0.3) is 0 Å². The van der Waals surface area contributed by atoms with Crippen LogP contribution in [0.2, 0.25) is 0 Å². The molecule has 1 saturated heterocycles. The molecule has 9 heteroatoms. The van der Waals surface area contributed by atoms with E-state index in [2.05, 4.69) is 4.90 Å². The smallest absolute Gasteiger partial charge is 0.335 e. The van der Waals surface area contributed by atoms with Crippen LogP contribution in [-0.2, 0) is 35.3 Å². The lowest BCUT2D eigenvalue weighted by atomic mass is 10.1. The lowest BCUT2D eigenvalue weighted by Gasteiger charge is -2.37. The number of esters is 1. The second kappa shape index (κ2) is 10.3. The van der Waals surface area contributed by atoms with Gasteiger partial charge in [-0.25, -0.2) is 9.18 Å². The summed E-state index contributed by atoms with van der Waals surface area (Å²) in [4.78, 5) is 13.8. The van der Waals surface area contributed by atoms with E-state index in [1.807, 2.05) is 24.3 Å². The lowest BCUT2D eigenvalue weighted by molar-refractivity contribution is -0.154. The maximum atomic E-state index is 14.0. The van der Waals surface area contributed by atoms with Crippen LogP contribution in [0.3, 0.4) is 0 Å². The maximum Gasteiger partial charge on any atom is 0.335 e. The topological polar surface area (TPSA) is 82.1 Å². The number of hydrogen-bond donors (Lipinski definition) is 0. The van der Waals surface area contributed by atoms with Gasteiger partial charge in [0.25, 0.3) is 0 Å². The van der Waals surface area contributed by atoms with E-state index in [4.69, 9.17) is 9.47 Å². The first-order valence-electron chi connectivity index (χ1n) is 10.1. The van der Waals surface area contributed by atoms with E-state index in [1.165, 1.54) is 29.6 Å². The molecular formula is C22H27FN2O5S. The molecule has 2 aromatic rings. The van der Waals surface area contributed by atoms with Crippen molar-refractivity contribution in [2.45, 2.75) is 24.3 Å². The molecule has 1 heterocycles. The molecule has 0 aliphatic carbocycles. The monoisotopic (exact) mass is 450 g/mol. The summed E-state index contributed by atoms with van der Waals surface area (Å²) >= 11 is 0. The van der Waals surface area contributed by atoms with Crippen LogP contribution in [-0.4, -0.2) is 60.8 Å². The number of benzene rings is 2. The van der Waals surface area contributed by atoms with Crippen LogP contribution >= 0.6 is 0 Å². The van der Waals surface area contributed by atoms with Gasteiger partial charge in [-0.1, -0.05) is 28.5 Å². The maximum absolute atomic E-state index is 14.0. The van der Waals surface area contributed by atoms with Crippen molar-refractivity contribution in [3.63, 3.8) is 0 Å². The molecule has 0 N–H and O–H groups in total. The number of methoxy groups -OCH3 is 1. The molecule has 0 amide bonds. The number of carbonyl (C=O) groups excluding carboxylic acids is 1. The molecule has 2 atom stereocenters. The summed E-state index contributed by atoms with van der Waals surface area (Å²) in [7, 11) is -2.40. The molecule has 1 aliphatic rings. The van der Waals surface area contributed by atoms with Crippen molar-refractivity contribution >= 4 is 22.1 Å². The minimum Gasteiger partial charge on any atom is -0.593 e. The first kappa shape index (κ1) is 23.3. The molecule has 1 aliphatic heterocycles. The number of rotatable bonds is 8. The highest BCUT2D eigenvalue weighted by Gasteiger charge is 2.35. The SMILES string of the molecule is CCOC(=O)C(Cc1cccc(N2CCN([S+](=O)([O-])c3ccccc3F)CC2)c1)OC. The zero-order valence-corrected chi connectivity index (χ0v) is 18.5. The quantitative estimate of drug-likeness (QED) is 0.454. The summed E-state index contributed by atoms with van der Waals surface area (Å²) in [6.07, 6.45) is -0.303. The Morgan fingerprint density at radius 2 is 1.87 bits per heavy atom. The number of sulfonamides is 1. The van der Waals surface area contributed by atoms with Crippen molar-refractivity contribution in [1.29, 1.82) is 0 Å². The molecule has 3 rings (SSSR count). The average Bonchev–Trinajstić information content (AvgIpc) is 2.78. The number of carbonyl (C=O) groups is 1. The summed E-state index contributed by atoms with van der Waals surface area (Å²) < 4.78 is 51.2. The highest BCUT2D eigenvalue weighted by atomic mass is 32.3. The number of hydrogen-bond acceptors (Lipinski definition) is 6. The molecule has 0 spiro atoms. The molecule has 168 valence electrons. The Labute approximate surface area is 183 Å². The van der Waals surface area contributed by atoms with Crippen LogP contribution in [0.1, 0.15) is 12.5 Å². The molecule has 0 bridgehead atoms. The highest BCUT2D eigenvalue weighted by Crippen LogP contribution is 2.27. The van der Waals surface area contributed by atoms with Gasteiger partial charge in [-0.3, -0.25) is 0 Å². The predicted octanol–water partition coefficient (Wildman–Crippen LogP) is 2.67. The van der Waals surface area contributed by atoms with E-state index in [-0.39, 0.29) is 18.0 Å². The van der Waals surface area contributed by atoms with Crippen molar-refractivity contribution in [3.8, 4) is 0 Å². The minimum atomic E-state index is -3.88. The van der Waals surface area contributed by atoms with Crippen molar-refractivity contribution in [2.75, 3.05) is 44.8 Å². The third-order valence-corrected chi connectivity index (χ3v) is 7.16. The average molecular weight is 451 g/mol. The predicted molar refractivity (Wildman–Crippen MR) is 115 cm³/mol. The summed E-state index contributed by atoms with van der Waals surface area (Å²) in [6, 6.07) is 13.1. The molecule has 7 nitrogen and oxygen atoms in total. The van der Waals surface area contributed by atoms with Crippen molar-refractivity contribution < 1.29 is 27.4 Å². The molecule has 0 saturated carbocycles. The van der Waals surface area contributed by atoms with Crippen molar-refractivity contribution in [3.05, 3.63) is 59.9 Å². The van der Waals surface area contributed by atoms with Crippen LogP contribution in [0, 0.1) is 5.82 Å². The zero-order chi connectivity index (χ0) is 22.4. The second-order valence-electron chi connectivity index (χ2n) is 7.17. The Bertz CT molecular complexity index is 949. The summed E-state index contributed by atoms with van der Waals surface area (Å²) in [5.74, 6) is -1.14. The summed E-state index contributed by atoms with van der Waals surface area (Å²) in [5.41, 5.74) is 1.85. The fourth-order valence-electron chi connectivity index (χ4n) is 3.57. The molecule has 0 radical (unpaired) electrons. The highest BCUT2D eigenvalue weighted by molar-refractivity contribution is 7.95. The van der Waals surface area contributed by atoms with Crippen molar-refractivity contribution in [1.82, 2.24) is 4.31 Å². The van der Waals surface area contributed by atoms with Gasteiger partial charge in [-0.15, -0.1) is 4.31 Å². The normalized spacial score (nSPS) is 17.7. The molecule has 31 heavy (non-hydrogen) atoms. The van der Waals surface area contributed by atoms with Gasteiger partial charge in [-0.2, -0.15) is 0 Å². The number of halogens is 1. The number of nitrogens with zero attached hydrogens (tertiary/aromatic N) is 2. The van der Waals surface area contributed by atoms with E-state index < -0.39 is 28.3 Å². The fraction of sp³-hybridized carbons (Fsp3) is 0.409. The first-order valence-corrected chi connectivity index (χ1v) is 11.6. The zero-order valence-electron chi connectivity index (χ0n) is 17.7. The summed E-state index contributed by atoms with van der Waals surface area (Å²) in [5, 5.41) is 0. The first-order chi connectivity index (χ1) is 14.9. The van der Waals surface area contributed by atoms with Gasteiger partial charge in [0.2, 0.25) is 4.90 Å². The Morgan fingerprint density at radius 3 is 2.52 bits per heavy atom. The van der Waals surface area contributed by atoms with Gasteiger partial charge in [0.1, 0.15) is 0 Å². The van der Waals surface area contributed by atoms with Crippen LogP contribution in [0.4, 0.5) is 10.1 Å². The van der Waals surface area contributed by atoms with Gasteiger partial charge >= 0.3 is 5.97 Å². The van der Waals surface area contributed by atoms with Crippen LogP contribution in [0.5, 0.6) is 0 Å². The van der Waals surface area contributed by atoms with E-state index in [1.54, 1.807) is 6.92 Å². The third kappa shape index (κ3) is 5.48. The number of ether oxygens (including phenoxy) is 2. The van der Waals surface area contributed by atoms with E-state index in [0.717, 1.165) is 17.3 Å². The standard InChI is InChI=1S/C22H27FN2O5S/c1-3-30-22(26)20(29-2)16-17-7-6-8-18(15-17)24-11-13-25(14-12-24)31(27,28)21-10-5-4-9-19(21)23/h4-10,15,20H,3,11-14,16H2,1-2H3. The van der Waals surface area contributed by atoms with Gasteiger partial charge < -0.3 is 18.9 Å².